The van der Waals surface area contributed by atoms with Crippen LogP contribution in [0.15, 0.2) is 77.3 Å². The molecule has 0 aliphatic rings. The minimum absolute atomic E-state index is 0.0821. The van der Waals surface area contributed by atoms with Crippen LogP contribution in [0, 0.1) is 0 Å². The number of hydrogen-bond acceptors (Lipinski definition) is 4. The number of carbonyl (C=O) groups excluding carboxylic acids is 2. The van der Waals surface area contributed by atoms with Crippen molar-refractivity contribution >= 4 is 66.7 Å². The number of anilines is 1. The highest BCUT2D eigenvalue weighted by atomic mass is 79.9. The van der Waals surface area contributed by atoms with Crippen LogP contribution in [0.4, 0.5) is 5.69 Å². The van der Waals surface area contributed by atoms with Crippen LogP contribution in [0.25, 0.3) is 0 Å². The van der Waals surface area contributed by atoms with Crippen LogP contribution in [0.5, 0.6) is 0 Å². The highest BCUT2D eigenvalue weighted by Gasteiger charge is 2.33. The summed E-state index contributed by atoms with van der Waals surface area (Å²) in [5.41, 5.74) is 1.72. The maximum absolute atomic E-state index is 14.0. The molecule has 0 fully saturated rings. The predicted octanol–water partition coefficient (Wildman–Crippen LogP) is 5.69. The summed E-state index contributed by atoms with van der Waals surface area (Å²) >= 11 is 15.9. The second kappa shape index (κ2) is 14.2. The minimum Gasteiger partial charge on any atom is -0.354 e. The topological polar surface area (TPSA) is 86.8 Å². The summed E-state index contributed by atoms with van der Waals surface area (Å²) in [7, 11) is -3.95. The van der Waals surface area contributed by atoms with Gasteiger partial charge in [0, 0.05) is 29.0 Å². The number of sulfonamides is 1. The summed E-state index contributed by atoms with van der Waals surface area (Å²) in [6.45, 7) is 1.90. The van der Waals surface area contributed by atoms with Gasteiger partial charge in [0.25, 0.3) is 0 Å². The van der Waals surface area contributed by atoms with Crippen molar-refractivity contribution in [1.29, 1.82) is 0 Å². The highest BCUT2D eigenvalue weighted by Crippen LogP contribution is 2.31. The van der Waals surface area contributed by atoms with E-state index in [9.17, 15) is 18.0 Å². The molecule has 1 atom stereocenters. The lowest BCUT2D eigenvalue weighted by Crippen LogP contribution is -2.53. The first-order chi connectivity index (χ1) is 18.5. The van der Waals surface area contributed by atoms with Crippen molar-refractivity contribution < 1.29 is 18.0 Å². The second-order valence-electron chi connectivity index (χ2n) is 9.01. The van der Waals surface area contributed by atoms with Crippen LogP contribution >= 0.6 is 39.1 Å². The van der Waals surface area contributed by atoms with Gasteiger partial charge in [0.15, 0.2) is 0 Å². The molecule has 3 aromatic carbocycles. The van der Waals surface area contributed by atoms with Crippen LogP contribution < -0.4 is 9.62 Å². The van der Waals surface area contributed by atoms with Gasteiger partial charge in [-0.05, 0) is 47.9 Å². The molecule has 7 nitrogen and oxygen atoms in total. The van der Waals surface area contributed by atoms with Crippen molar-refractivity contribution in [2.75, 3.05) is 23.7 Å². The van der Waals surface area contributed by atoms with Gasteiger partial charge in [0.2, 0.25) is 21.8 Å². The van der Waals surface area contributed by atoms with E-state index in [0.29, 0.717) is 6.54 Å². The SMILES string of the molecule is CCCNC(=O)[C@@H](Cc1ccccc1)N(Cc1ccc(Br)cc1)C(=O)CN(c1cc(Cl)ccc1Cl)S(C)(=O)=O. The van der Waals surface area contributed by atoms with E-state index in [2.05, 4.69) is 21.2 Å². The van der Waals surface area contributed by atoms with E-state index in [1.165, 1.54) is 23.1 Å². The summed E-state index contributed by atoms with van der Waals surface area (Å²) in [6, 6.07) is 20.2. The van der Waals surface area contributed by atoms with Gasteiger partial charge in [-0.1, -0.05) is 88.5 Å². The monoisotopic (exact) mass is 653 g/mol. The van der Waals surface area contributed by atoms with E-state index in [1.54, 1.807) is 0 Å². The lowest BCUT2D eigenvalue weighted by atomic mass is 10.0. The molecule has 1 N–H and O–H groups in total. The number of amides is 2. The summed E-state index contributed by atoms with van der Waals surface area (Å²) in [4.78, 5) is 28.9. The van der Waals surface area contributed by atoms with Gasteiger partial charge >= 0.3 is 0 Å². The van der Waals surface area contributed by atoms with E-state index in [-0.39, 0.29) is 34.6 Å². The van der Waals surface area contributed by atoms with Gasteiger partial charge in [0.1, 0.15) is 12.6 Å². The van der Waals surface area contributed by atoms with Gasteiger partial charge in [-0.3, -0.25) is 13.9 Å². The molecule has 0 saturated heterocycles. The van der Waals surface area contributed by atoms with Crippen LogP contribution in [0.2, 0.25) is 10.0 Å². The number of rotatable bonds is 12. The molecule has 0 bridgehead atoms. The molecular weight excluding hydrogens is 625 g/mol. The Balaban J connectivity index is 2.06. The fourth-order valence-corrected chi connectivity index (χ4v) is 5.53. The Labute approximate surface area is 248 Å². The van der Waals surface area contributed by atoms with Crippen LogP contribution in [-0.4, -0.2) is 50.5 Å². The summed E-state index contributed by atoms with van der Waals surface area (Å²) < 4.78 is 27.5. The number of benzene rings is 3. The Morgan fingerprint density at radius 2 is 1.64 bits per heavy atom. The maximum Gasteiger partial charge on any atom is 0.244 e. The van der Waals surface area contributed by atoms with E-state index in [0.717, 1.165) is 32.6 Å². The Morgan fingerprint density at radius 3 is 2.26 bits per heavy atom. The molecule has 208 valence electrons. The first-order valence-corrected chi connectivity index (χ1v) is 15.7. The van der Waals surface area contributed by atoms with Crippen LogP contribution in [0.1, 0.15) is 24.5 Å². The second-order valence-corrected chi connectivity index (χ2v) is 12.7. The number of halogens is 3. The molecule has 0 aliphatic carbocycles. The predicted molar refractivity (Wildman–Crippen MR) is 161 cm³/mol. The third kappa shape index (κ3) is 8.96. The smallest absolute Gasteiger partial charge is 0.244 e. The third-order valence-corrected chi connectivity index (χ3v) is 8.15. The first-order valence-electron chi connectivity index (χ1n) is 12.3. The van der Waals surface area contributed by atoms with E-state index in [4.69, 9.17) is 23.2 Å². The van der Waals surface area contributed by atoms with Crippen molar-refractivity contribution in [2.45, 2.75) is 32.4 Å². The van der Waals surface area contributed by atoms with Crippen LogP contribution in [0.3, 0.4) is 0 Å². The van der Waals surface area contributed by atoms with Crippen molar-refractivity contribution in [2.24, 2.45) is 0 Å². The highest BCUT2D eigenvalue weighted by molar-refractivity contribution is 9.10. The zero-order valence-electron chi connectivity index (χ0n) is 21.6. The van der Waals surface area contributed by atoms with Gasteiger partial charge in [0.05, 0.1) is 17.0 Å². The molecule has 0 aromatic heterocycles. The molecule has 0 heterocycles. The molecule has 2 amide bonds. The fraction of sp³-hybridized carbons (Fsp3) is 0.286. The van der Waals surface area contributed by atoms with Crippen molar-refractivity contribution in [3.8, 4) is 0 Å². The lowest BCUT2D eigenvalue weighted by molar-refractivity contribution is -0.140. The number of nitrogens with one attached hydrogen (secondary N) is 1. The summed E-state index contributed by atoms with van der Waals surface area (Å²) in [5.74, 6) is -0.884. The van der Waals surface area contributed by atoms with Gasteiger partial charge in [-0.25, -0.2) is 8.42 Å². The third-order valence-electron chi connectivity index (χ3n) is 5.94. The number of hydrogen-bond donors (Lipinski definition) is 1. The van der Waals surface area contributed by atoms with Crippen LogP contribution in [-0.2, 0) is 32.6 Å². The standard InChI is InChI=1S/C28H30BrCl2N3O4S/c1-3-15-32-28(36)26(16-20-7-5-4-6-8-20)33(18-21-9-11-22(29)12-10-21)27(35)19-34(39(2,37)38)25-17-23(30)13-14-24(25)31/h4-14,17,26H,3,15-16,18-19H2,1-2H3,(H,32,36)/t26-/m1/s1. The molecule has 0 saturated carbocycles. The maximum atomic E-state index is 14.0. The van der Waals surface area contributed by atoms with Gasteiger partial charge in [-0.15, -0.1) is 0 Å². The molecule has 0 unspecified atom stereocenters. The first kappa shape index (κ1) is 30.9. The normalized spacial score (nSPS) is 12.0. The Kier molecular flexibility index (Phi) is 11.2. The molecule has 0 spiro atoms. The minimum atomic E-state index is -3.95. The zero-order valence-corrected chi connectivity index (χ0v) is 25.5. The molecule has 11 heteroatoms. The Hall–Kier alpha value is -2.59. The summed E-state index contributed by atoms with van der Waals surface area (Å²) in [5, 5.41) is 3.29. The molecule has 39 heavy (non-hydrogen) atoms. The lowest BCUT2D eigenvalue weighted by Gasteiger charge is -2.33. The average Bonchev–Trinajstić information content (AvgIpc) is 2.90. The zero-order chi connectivity index (χ0) is 28.6. The molecule has 0 radical (unpaired) electrons. The quantitative estimate of drug-likeness (QED) is 0.272. The van der Waals surface area contributed by atoms with Crippen molar-refractivity contribution in [3.63, 3.8) is 0 Å². The molecule has 3 rings (SSSR count). The van der Waals surface area contributed by atoms with E-state index >= 15 is 0 Å². The van der Waals surface area contributed by atoms with Gasteiger partial charge in [-0.2, -0.15) is 0 Å². The molecule has 0 aliphatic heterocycles. The molecular formula is C28H30BrCl2N3O4S. The van der Waals surface area contributed by atoms with E-state index < -0.39 is 28.5 Å². The Morgan fingerprint density at radius 1 is 0.974 bits per heavy atom. The average molecular weight is 655 g/mol. The Bertz CT molecular complexity index is 1390. The fourth-order valence-electron chi connectivity index (χ4n) is 3.98. The number of nitrogens with zero attached hydrogens (tertiary/aromatic N) is 2. The van der Waals surface area contributed by atoms with Crippen molar-refractivity contribution in [1.82, 2.24) is 10.2 Å². The van der Waals surface area contributed by atoms with Crippen molar-refractivity contribution in [3.05, 3.63) is 98.4 Å². The summed E-state index contributed by atoms with van der Waals surface area (Å²) in [6.07, 6.45) is 1.96. The number of carbonyl (C=O) groups is 2. The van der Waals surface area contributed by atoms with E-state index in [1.807, 2.05) is 61.5 Å². The largest absolute Gasteiger partial charge is 0.354 e. The van der Waals surface area contributed by atoms with Gasteiger partial charge < -0.3 is 10.2 Å². The molecule has 3 aromatic rings.